The van der Waals surface area contributed by atoms with E-state index in [1.54, 1.807) is 6.07 Å². The summed E-state index contributed by atoms with van der Waals surface area (Å²) >= 11 is 1.94. The van der Waals surface area contributed by atoms with Crippen molar-refractivity contribution in [1.29, 1.82) is 0 Å². The summed E-state index contributed by atoms with van der Waals surface area (Å²) in [5.41, 5.74) is 7.10. The fourth-order valence-corrected chi connectivity index (χ4v) is 1.98. The number of nitrogen functional groups attached to an aromatic ring is 1. The minimum Gasteiger partial charge on any atom is -0.397 e. The Labute approximate surface area is 116 Å². The summed E-state index contributed by atoms with van der Waals surface area (Å²) in [6.45, 7) is 1.89. The van der Waals surface area contributed by atoms with Gasteiger partial charge in [0.2, 0.25) is 0 Å². The Kier molecular flexibility index (Phi) is 5.97. The van der Waals surface area contributed by atoms with E-state index in [9.17, 15) is 4.39 Å². The number of hydrogen-bond acceptors (Lipinski definition) is 3. The molecule has 0 atom stereocenters. The molecule has 0 radical (unpaired) electrons. The van der Waals surface area contributed by atoms with Crippen LogP contribution in [0.5, 0.6) is 0 Å². The highest BCUT2D eigenvalue weighted by Crippen LogP contribution is 2.23. The summed E-state index contributed by atoms with van der Waals surface area (Å²) in [6.07, 6.45) is 2.16. The van der Waals surface area contributed by atoms with Gasteiger partial charge in [-0.25, -0.2) is 4.39 Å². The first-order valence-corrected chi connectivity index (χ1v) is 6.71. The molecule has 0 aliphatic rings. The second kappa shape index (κ2) is 7.00. The molecule has 1 rings (SSSR count). The zero-order valence-corrected chi connectivity index (χ0v) is 12.4. The molecular weight excluding hydrogens is 332 g/mol. The summed E-state index contributed by atoms with van der Waals surface area (Å²) in [5.74, 6) is -0.226. The van der Waals surface area contributed by atoms with Crippen molar-refractivity contribution in [1.82, 2.24) is 4.90 Å². The van der Waals surface area contributed by atoms with Gasteiger partial charge in [0.1, 0.15) is 5.82 Å². The summed E-state index contributed by atoms with van der Waals surface area (Å²) in [7, 11) is 4.11. The average Bonchev–Trinajstić information content (AvgIpc) is 2.24. The molecule has 0 saturated carbocycles. The first kappa shape index (κ1) is 14.5. The van der Waals surface area contributed by atoms with E-state index < -0.39 is 0 Å². The van der Waals surface area contributed by atoms with Gasteiger partial charge in [0.25, 0.3) is 0 Å². The summed E-state index contributed by atoms with van der Waals surface area (Å²) in [4.78, 5) is 2.15. The van der Waals surface area contributed by atoms with Crippen molar-refractivity contribution in [3.8, 4) is 0 Å². The maximum absolute atomic E-state index is 13.3. The van der Waals surface area contributed by atoms with Gasteiger partial charge < -0.3 is 16.0 Å². The molecule has 0 spiro atoms. The molecule has 0 aromatic heterocycles. The number of nitrogens with one attached hydrogen (secondary N) is 1. The van der Waals surface area contributed by atoms with Gasteiger partial charge in [0.05, 0.1) is 14.9 Å². The predicted molar refractivity (Wildman–Crippen MR) is 79.8 cm³/mol. The number of benzene rings is 1. The monoisotopic (exact) mass is 351 g/mol. The van der Waals surface area contributed by atoms with E-state index in [0.717, 1.165) is 25.9 Å². The van der Waals surface area contributed by atoms with Gasteiger partial charge in [-0.3, -0.25) is 0 Å². The van der Waals surface area contributed by atoms with E-state index >= 15 is 0 Å². The highest BCUT2D eigenvalue weighted by molar-refractivity contribution is 14.1. The molecule has 5 heteroatoms. The molecule has 0 unspecified atom stereocenters. The maximum atomic E-state index is 13.3. The first-order valence-electron chi connectivity index (χ1n) is 5.64. The molecule has 0 aliphatic heterocycles. The van der Waals surface area contributed by atoms with Gasteiger partial charge in [-0.2, -0.15) is 0 Å². The molecule has 0 amide bonds. The lowest BCUT2D eigenvalue weighted by Crippen LogP contribution is -2.14. The normalized spacial score (nSPS) is 10.9. The fourth-order valence-electron chi connectivity index (χ4n) is 1.49. The summed E-state index contributed by atoms with van der Waals surface area (Å²) in [6, 6.07) is 3.11. The smallest absolute Gasteiger partial charge is 0.138 e. The number of hydrogen-bond donors (Lipinski definition) is 2. The minimum atomic E-state index is -0.226. The number of nitrogens with zero attached hydrogens (tertiary/aromatic N) is 1. The van der Waals surface area contributed by atoms with Gasteiger partial charge >= 0.3 is 0 Å². The van der Waals surface area contributed by atoms with Gasteiger partial charge in [-0.15, -0.1) is 0 Å². The average molecular weight is 351 g/mol. The molecule has 3 N–H and O–H groups in total. The van der Waals surface area contributed by atoms with Crippen LogP contribution in [0.2, 0.25) is 0 Å². The van der Waals surface area contributed by atoms with Crippen LogP contribution in [0.25, 0.3) is 0 Å². The highest BCUT2D eigenvalue weighted by Gasteiger charge is 2.05. The van der Waals surface area contributed by atoms with Gasteiger partial charge in [0.15, 0.2) is 0 Å². The topological polar surface area (TPSA) is 41.3 Å². The van der Waals surface area contributed by atoms with Gasteiger partial charge in [0, 0.05) is 12.6 Å². The molecule has 0 aliphatic carbocycles. The van der Waals surface area contributed by atoms with Crippen LogP contribution >= 0.6 is 22.6 Å². The molecule has 0 saturated heterocycles. The third-order valence-electron chi connectivity index (χ3n) is 2.44. The molecule has 1 aromatic rings. The highest BCUT2D eigenvalue weighted by atomic mass is 127. The van der Waals surface area contributed by atoms with Crippen molar-refractivity contribution in [2.75, 3.05) is 38.2 Å². The largest absolute Gasteiger partial charge is 0.397 e. The van der Waals surface area contributed by atoms with Crippen molar-refractivity contribution >= 4 is 34.0 Å². The number of halogens is 2. The van der Waals surface area contributed by atoms with Crippen molar-refractivity contribution in [2.24, 2.45) is 0 Å². The van der Waals surface area contributed by atoms with Gasteiger partial charge in [-0.05, 0) is 62.1 Å². The Balaban J connectivity index is 2.39. The van der Waals surface area contributed by atoms with Crippen LogP contribution in [0.4, 0.5) is 15.8 Å². The maximum Gasteiger partial charge on any atom is 0.138 e. The van der Waals surface area contributed by atoms with E-state index in [1.807, 2.05) is 22.6 Å². The molecule has 0 bridgehead atoms. The van der Waals surface area contributed by atoms with E-state index in [2.05, 4.69) is 24.3 Å². The first-order chi connectivity index (χ1) is 8.00. The summed E-state index contributed by atoms with van der Waals surface area (Å²) < 4.78 is 13.9. The third kappa shape index (κ3) is 5.08. The van der Waals surface area contributed by atoms with Crippen molar-refractivity contribution in [3.63, 3.8) is 0 Å². The minimum absolute atomic E-state index is 0.226. The van der Waals surface area contributed by atoms with E-state index in [1.165, 1.54) is 6.07 Å². The number of unbranched alkanes of at least 4 members (excludes halogenated alkanes) is 1. The molecule has 0 heterocycles. The molecule has 3 nitrogen and oxygen atoms in total. The Morgan fingerprint density at radius 2 is 2.06 bits per heavy atom. The summed E-state index contributed by atoms with van der Waals surface area (Å²) in [5, 5.41) is 3.17. The lowest BCUT2D eigenvalue weighted by atomic mass is 10.2. The quantitative estimate of drug-likeness (QED) is 0.471. The second-order valence-corrected chi connectivity index (χ2v) is 5.45. The van der Waals surface area contributed by atoms with Crippen LogP contribution < -0.4 is 11.1 Å². The standard InChI is InChI=1S/C12H19FIN3/c1-17(2)6-4-3-5-16-12-7-9(13)10(14)8-11(12)15/h7-8,16H,3-6,15H2,1-2H3. The Morgan fingerprint density at radius 3 is 2.71 bits per heavy atom. The SMILES string of the molecule is CN(C)CCCCNc1cc(F)c(I)cc1N. The Hall–Kier alpha value is -0.560. The third-order valence-corrected chi connectivity index (χ3v) is 3.27. The second-order valence-electron chi connectivity index (χ2n) is 4.29. The zero-order valence-electron chi connectivity index (χ0n) is 10.3. The van der Waals surface area contributed by atoms with Crippen molar-refractivity contribution in [3.05, 3.63) is 21.5 Å². The van der Waals surface area contributed by atoms with Crippen LogP contribution in [0, 0.1) is 9.39 Å². The van der Waals surface area contributed by atoms with E-state index in [4.69, 9.17) is 5.73 Å². The van der Waals surface area contributed by atoms with Crippen LogP contribution in [0.15, 0.2) is 12.1 Å². The molecule has 1 aromatic carbocycles. The number of anilines is 2. The van der Waals surface area contributed by atoms with Crippen LogP contribution in [0.1, 0.15) is 12.8 Å². The van der Waals surface area contributed by atoms with E-state index in [-0.39, 0.29) is 5.82 Å². The van der Waals surface area contributed by atoms with Crippen LogP contribution in [0.3, 0.4) is 0 Å². The lowest BCUT2D eigenvalue weighted by Gasteiger charge is -2.12. The van der Waals surface area contributed by atoms with Gasteiger partial charge in [-0.1, -0.05) is 0 Å². The fraction of sp³-hybridized carbons (Fsp3) is 0.500. The van der Waals surface area contributed by atoms with Crippen LogP contribution in [-0.4, -0.2) is 32.1 Å². The van der Waals surface area contributed by atoms with Crippen LogP contribution in [-0.2, 0) is 0 Å². The van der Waals surface area contributed by atoms with Crippen molar-refractivity contribution < 1.29 is 4.39 Å². The van der Waals surface area contributed by atoms with Crippen molar-refractivity contribution in [2.45, 2.75) is 12.8 Å². The molecule has 96 valence electrons. The van der Waals surface area contributed by atoms with E-state index in [0.29, 0.717) is 14.9 Å². The lowest BCUT2D eigenvalue weighted by molar-refractivity contribution is 0.396. The molecule has 17 heavy (non-hydrogen) atoms. The molecular formula is C12H19FIN3. The number of rotatable bonds is 6. The molecule has 0 fully saturated rings. The Bertz CT molecular complexity index is 369. The number of nitrogens with two attached hydrogens (primary N) is 1. The Morgan fingerprint density at radius 1 is 1.35 bits per heavy atom. The zero-order chi connectivity index (χ0) is 12.8. The predicted octanol–water partition coefficient (Wildman–Crippen LogP) is 2.77.